The highest BCUT2D eigenvalue weighted by atomic mass is 15.1. The number of rotatable bonds is 7. The molecule has 0 spiro atoms. The molecule has 0 saturated carbocycles. The van der Waals surface area contributed by atoms with Crippen LogP contribution in [0.3, 0.4) is 0 Å². The van der Waals surface area contributed by atoms with E-state index < -0.39 is 0 Å². The van der Waals surface area contributed by atoms with Crippen LogP contribution in [0.5, 0.6) is 0 Å². The smallest absolute Gasteiger partial charge is 0.166 e. The van der Waals surface area contributed by atoms with Gasteiger partial charge in [-0.15, -0.1) is 0 Å². The van der Waals surface area contributed by atoms with Crippen molar-refractivity contribution < 1.29 is 0 Å². The quantitative estimate of drug-likeness (QED) is 0.166. The first kappa shape index (κ1) is 32.5. The Kier molecular flexibility index (Phi) is 8.27. The van der Waals surface area contributed by atoms with Crippen LogP contribution in [-0.2, 0) is 6.42 Å². The summed E-state index contributed by atoms with van der Waals surface area (Å²) >= 11 is 0. The molecule has 2 aromatic heterocycles. The average Bonchev–Trinajstić information content (AvgIpc) is 3.61. The van der Waals surface area contributed by atoms with Crippen LogP contribution < -0.4 is 0 Å². The summed E-state index contributed by atoms with van der Waals surface area (Å²) in [6.45, 7) is 0. The highest BCUT2D eigenvalue weighted by Crippen LogP contribution is 2.40. The van der Waals surface area contributed by atoms with Gasteiger partial charge in [-0.2, -0.15) is 0 Å². The summed E-state index contributed by atoms with van der Waals surface area (Å²) in [7, 11) is 0. The van der Waals surface area contributed by atoms with Gasteiger partial charge in [-0.05, 0) is 64.1 Å². The maximum Gasteiger partial charge on any atom is 0.166 e. The first-order valence-electron chi connectivity index (χ1n) is 18.8. The lowest BCUT2D eigenvalue weighted by Crippen LogP contribution is -2.08. The number of aromatic nitrogens is 4. The molecule has 9 aromatic rings. The molecule has 4 heteroatoms. The van der Waals surface area contributed by atoms with Crippen molar-refractivity contribution in [1.29, 1.82) is 0 Å². The second-order valence-corrected chi connectivity index (χ2v) is 14.0. The molecular weight excluding hydrogens is 669 g/mol. The molecule has 0 N–H and O–H groups in total. The lowest BCUT2D eigenvalue weighted by Gasteiger charge is -2.20. The largest absolute Gasteiger partial charge is 0.309 e. The number of hydrogen-bond acceptors (Lipinski definition) is 3. The predicted molar refractivity (Wildman–Crippen MR) is 226 cm³/mol. The third-order valence-electron chi connectivity index (χ3n) is 10.7. The van der Waals surface area contributed by atoms with Gasteiger partial charge in [0.2, 0.25) is 0 Å². The van der Waals surface area contributed by atoms with Crippen LogP contribution in [0, 0.1) is 0 Å². The summed E-state index contributed by atoms with van der Waals surface area (Å²) in [5.41, 5.74) is 13.5. The molecule has 0 saturated heterocycles. The number of para-hydroxylation sites is 2. The molecule has 1 aliphatic rings. The maximum atomic E-state index is 5.23. The van der Waals surface area contributed by atoms with Gasteiger partial charge >= 0.3 is 0 Å². The molecule has 1 aliphatic carbocycles. The molecule has 55 heavy (non-hydrogen) atoms. The van der Waals surface area contributed by atoms with Gasteiger partial charge in [-0.1, -0.05) is 176 Å². The van der Waals surface area contributed by atoms with Crippen molar-refractivity contribution in [1.82, 2.24) is 19.5 Å². The van der Waals surface area contributed by atoms with Gasteiger partial charge in [-0.25, -0.2) is 15.0 Å². The third-order valence-corrected chi connectivity index (χ3v) is 10.7. The van der Waals surface area contributed by atoms with E-state index in [2.05, 4.69) is 193 Å². The standard InChI is InChI=1S/C51H36N4/c1-4-14-35(15-5-1)38-24-28-40(29-25-38)49-52-50(41-30-26-39(27-31-41)36-16-6-2-7-17-36)54-51(53-49)44-21-11-13-23-47(44)55-46-22-12-10-20-43(46)45-34-42(32-33-48(45)55)37-18-8-3-9-19-37/h1-33,42H,34H2. The van der Waals surface area contributed by atoms with Gasteiger partial charge in [0.05, 0.1) is 11.2 Å². The van der Waals surface area contributed by atoms with Crippen LogP contribution in [0.25, 0.3) is 79.1 Å². The zero-order valence-corrected chi connectivity index (χ0v) is 30.1. The summed E-state index contributed by atoms with van der Waals surface area (Å²) in [5.74, 6) is 2.21. The van der Waals surface area contributed by atoms with Gasteiger partial charge in [0.15, 0.2) is 17.5 Å². The summed E-state index contributed by atoms with van der Waals surface area (Å²) in [6.07, 6.45) is 5.59. The minimum atomic E-state index is 0.318. The monoisotopic (exact) mass is 704 g/mol. The van der Waals surface area contributed by atoms with Crippen LogP contribution in [-0.4, -0.2) is 19.5 Å². The van der Waals surface area contributed by atoms with Gasteiger partial charge in [-0.3, -0.25) is 0 Å². The van der Waals surface area contributed by atoms with Crippen molar-refractivity contribution in [2.24, 2.45) is 0 Å². The van der Waals surface area contributed by atoms with Crippen molar-refractivity contribution >= 4 is 17.0 Å². The molecule has 10 rings (SSSR count). The summed E-state index contributed by atoms with van der Waals surface area (Å²) in [5, 5.41) is 1.27. The molecule has 0 aliphatic heterocycles. The number of benzene rings is 7. The Morgan fingerprint density at radius 3 is 1.51 bits per heavy atom. The molecule has 0 bridgehead atoms. The average molecular weight is 705 g/mol. The van der Waals surface area contributed by atoms with E-state index in [1.807, 2.05) is 12.1 Å². The molecule has 7 aromatic carbocycles. The molecule has 4 nitrogen and oxygen atoms in total. The second-order valence-electron chi connectivity index (χ2n) is 14.0. The van der Waals surface area contributed by atoms with E-state index in [-0.39, 0.29) is 0 Å². The molecule has 0 amide bonds. The van der Waals surface area contributed by atoms with Crippen molar-refractivity contribution in [3.8, 4) is 62.1 Å². The first-order chi connectivity index (χ1) is 27.3. The molecule has 0 radical (unpaired) electrons. The maximum absolute atomic E-state index is 5.23. The van der Waals surface area contributed by atoms with Gasteiger partial charge in [0.25, 0.3) is 0 Å². The zero-order chi connectivity index (χ0) is 36.6. The zero-order valence-electron chi connectivity index (χ0n) is 30.1. The number of hydrogen-bond donors (Lipinski definition) is 0. The minimum absolute atomic E-state index is 0.318. The Bertz CT molecular complexity index is 2700. The summed E-state index contributed by atoms with van der Waals surface area (Å²) < 4.78 is 2.39. The number of allylic oxidation sites excluding steroid dienone is 1. The predicted octanol–water partition coefficient (Wildman–Crippen LogP) is 12.5. The molecule has 0 fully saturated rings. The molecule has 1 unspecified atom stereocenters. The van der Waals surface area contributed by atoms with Crippen LogP contribution in [0.2, 0.25) is 0 Å². The van der Waals surface area contributed by atoms with Crippen LogP contribution in [0.1, 0.15) is 22.7 Å². The Morgan fingerprint density at radius 1 is 0.418 bits per heavy atom. The number of nitrogens with zero attached hydrogens (tertiary/aromatic N) is 4. The van der Waals surface area contributed by atoms with Crippen molar-refractivity contribution in [2.75, 3.05) is 0 Å². The molecule has 260 valence electrons. The van der Waals surface area contributed by atoms with Crippen LogP contribution in [0.4, 0.5) is 0 Å². The fourth-order valence-corrected chi connectivity index (χ4v) is 7.90. The lowest BCUT2D eigenvalue weighted by molar-refractivity contribution is 0.825. The second kappa shape index (κ2) is 14.0. The Hall–Kier alpha value is -7.17. The molecule has 2 heterocycles. The number of fused-ring (bicyclic) bond motifs is 3. The fourth-order valence-electron chi connectivity index (χ4n) is 7.90. The highest BCUT2D eigenvalue weighted by molar-refractivity contribution is 5.92. The van der Waals surface area contributed by atoms with E-state index >= 15 is 0 Å². The molecular formula is C51H36N4. The Morgan fingerprint density at radius 2 is 0.891 bits per heavy atom. The van der Waals surface area contributed by atoms with E-state index in [1.165, 1.54) is 38.9 Å². The fraction of sp³-hybridized carbons (Fsp3) is 0.0392. The van der Waals surface area contributed by atoms with Gasteiger partial charge in [0.1, 0.15) is 0 Å². The normalized spacial score (nSPS) is 13.5. The van der Waals surface area contributed by atoms with Gasteiger partial charge in [0, 0.05) is 33.7 Å². The molecule has 1 atom stereocenters. The minimum Gasteiger partial charge on any atom is -0.309 e. The van der Waals surface area contributed by atoms with E-state index in [4.69, 9.17) is 15.0 Å². The van der Waals surface area contributed by atoms with Crippen molar-refractivity contribution in [2.45, 2.75) is 12.3 Å². The summed E-state index contributed by atoms with van der Waals surface area (Å²) in [4.78, 5) is 15.6. The van der Waals surface area contributed by atoms with Crippen LogP contribution in [0.15, 0.2) is 194 Å². The van der Waals surface area contributed by atoms with Crippen molar-refractivity contribution in [3.63, 3.8) is 0 Å². The third kappa shape index (κ3) is 6.14. The van der Waals surface area contributed by atoms with E-state index in [0.717, 1.165) is 39.9 Å². The van der Waals surface area contributed by atoms with E-state index in [1.54, 1.807) is 0 Å². The van der Waals surface area contributed by atoms with E-state index in [9.17, 15) is 0 Å². The Labute approximate surface area is 320 Å². The SMILES string of the molecule is C1=CC(c2ccccc2)Cc2c1n(-c1ccccc1-c1nc(-c3ccc(-c4ccccc4)cc3)nc(-c3ccc(-c4ccccc4)cc3)n1)c1ccccc21. The Balaban J connectivity index is 1.12. The van der Waals surface area contributed by atoms with Crippen LogP contribution >= 0.6 is 0 Å². The van der Waals surface area contributed by atoms with E-state index in [0.29, 0.717) is 23.4 Å². The van der Waals surface area contributed by atoms with Crippen molar-refractivity contribution in [3.05, 3.63) is 211 Å². The summed E-state index contributed by atoms with van der Waals surface area (Å²) in [6, 6.07) is 65.9. The topological polar surface area (TPSA) is 43.6 Å². The van der Waals surface area contributed by atoms with Gasteiger partial charge < -0.3 is 4.57 Å². The highest BCUT2D eigenvalue weighted by Gasteiger charge is 2.25. The first-order valence-corrected chi connectivity index (χ1v) is 18.8. The lowest BCUT2D eigenvalue weighted by atomic mass is 9.87.